The van der Waals surface area contributed by atoms with Crippen LogP contribution in [0, 0.1) is 0 Å². The fourth-order valence-electron chi connectivity index (χ4n) is 0.360. The zero-order valence-corrected chi connectivity index (χ0v) is 5.59. The third-order valence-electron chi connectivity index (χ3n) is 0.615. The summed E-state index contributed by atoms with van der Waals surface area (Å²) in [4.78, 5) is 0. The fourth-order valence-corrected chi connectivity index (χ4v) is 1.41. The molecule has 1 aliphatic heterocycles. The van der Waals surface area contributed by atoms with Gasteiger partial charge >= 0.3 is 0 Å². The van der Waals surface area contributed by atoms with Gasteiger partial charge in [-0.1, -0.05) is 11.8 Å². The van der Waals surface area contributed by atoms with Gasteiger partial charge < -0.3 is 0 Å². The molecule has 40 valence electrons. The summed E-state index contributed by atoms with van der Waals surface area (Å²) in [6.45, 7) is 1.95. The maximum atomic E-state index is 4.09. The predicted octanol–water partition coefficient (Wildman–Crippen LogP) is 0.870. The van der Waals surface area contributed by atoms with Crippen molar-refractivity contribution < 1.29 is 0 Å². The van der Waals surface area contributed by atoms with E-state index in [9.17, 15) is 0 Å². The van der Waals surface area contributed by atoms with Crippen molar-refractivity contribution in [2.75, 3.05) is 0 Å². The van der Waals surface area contributed by atoms with Crippen LogP contribution in [0.25, 0.3) is 0 Å². The molecule has 1 heterocycles. The molecule has 0 saturated heterocycles. The lowest BCUT2D eigenvalue weighted by Gasteiger charge is -1.93. The molecule has 0 spiro atoms. The van der Waals surface area contributed by atoms with E-state index < -0.39 is 0 Å². The molecule has 1 atom stereocenters. The van der Waals surface area contributed by atoms with Crippen molar-refractivity contribution in [1.29, 1.82) is 0 Å². The molecule has 0 amide bonds. The van der Waals surface area contributed by atoms with E-state index in [1.165, 1.54) is 0 Å². The van der Waals surface area contributed by atoms with Crippen LogP contribution in [0.2, 0.25) is 0 Å². The first-order valence-electron chi connectivity index (χ1n) is 1.93. The molecule has 7 heavy (non-hydrogen) atoms. The molecule has 1 N–H and O–H groups in total. The molecule has 0 radical (unpaired) electrons. The summed E-state index contributed by atoms with van der Waals surface area (Å²) in [5.41, 5.74) is 2.78. The quantitative estimate of drug-likeness (QED) is 0.480. The molecule has 0 bridgehead atoms. The third kappa shape index (κ3) is 1.28. The maximum absolute atomic E-state index is 4.09. The average Bonchev–Trinajstić information content (AvgIpc) is 1.87. The first kappa shape index (κ1) is 5.31. The van der Waals surface area contributed by atoms with Crippen molar-refractivity contribution in [3.05, 3.63) is 0 Å². The van der Waals surface area contributed by atoms with Crippen molar-refractivity contribution in [2.45, 2.75) is 11.6 Å². The monoisotopic (exact) mass is 134 g/mol. The highest BCUT2D eigenvalue weighted by molar-refractivity contribution is 8.21. The number of hydrogen-bond donors (Lipinski definition) is 2. The zero-order valence-electron chi connectivity index (χ0n) is 3.88. The van der Waals surface area contributed by atoms with E-state index >= 15 is 0 Å². The molecule has 0 aliphatic carbocycles. The molecule has 4 heteroatoms. The van der Waals surface area contributed by atoms with E-state index in [1.54, 1.807) is 11.8 Å². The highest BCUT2D eigenvalue weighted by Gasteiger charge is 2.08. The summed E-state index contributed by atoms with van der Waals surface area (Å²) in [6.07, 6.45) is 0. The summed E-state index contributed by atoms with van der Waals surface area (Å²) in [7, 11) is 0. The lowest BCUT2D eigenvalue weighted by molar-refractivity contribution is 0.860. The predicted molar refractivity (Wildman–Crippen MR) is 36.6 cm³/mol. The van der Waals surface area contributed by atoms with E-state index in [1.807, 2.05) is 6.92 Å². The second kappa shape index (κ2) is 1.96. The van der Waals surface area contributed by atoms with E-state index in [0.29, 0.717) is 0 Å². The van der Waals surface area contributed by atoms with E-state index in [2.05, 4.69) is 23.2 Å². The normalized spacial score (nSPS) is 29.4. The molecule has 0 aromatic heterocycles. The van der Waals surface area contributed by atoms with Gasteiger partial charge in [-0.3, -0.25) is 5.43 Å². The second-order valence-electron chi connectivity index (χ2n) is 1.23. The summed E-state index contributed by atoms with van der Waals surface area (Å²) in [5.74, 6) is 0. The maximum Gasteiger partial charge on any atom is 0.138 e. The van der Waals surface area contributed by atoms with E-state index in [0.717, 1.165) is 5.04 Å². The fraction of sp³-hybridized carbons (Fsp3) is 0.667. The number of rotatable bonds is 0. The van der Waals surface area contributed by atoms with Gasteiger partial charge in [0.2, 0.25) is 0 Å². The van der Waals surface area contributed by atoms with Crippen molar-refractivity contribution in [3.63, 3.8) is 0 Å². The van der Waals surface area contributed by atoms with Crippen molar-refractivity contribution in [1.82, 2.24) is 5.43 Å². The van der Waals surface area contributed by atoms with Crippen LogP contribution in [0.1, 0.15) is 6.92 Å². The van der Waals surface area contributed by atoms with Gasteiger partial charge in [-0.2, -0.15) is 5.10 Å². The van der Waals surface area contributed by atoms with Gasteiger partial charge in [0.05, 0.1) is 5.04 Å². The van der Waals surface area contributed by atoms with Crippen LogP contribution in [0.5, 0.6) is 0 Å². The highest BCUT2D eigenvalue weighted by Crippen LogP contribution is 2.18. The van der Waals surface area contributed by atoms with Crippen LogP contribution in [0.15, 0.2) is 5.10 Å². The molecule has 1 rings (SSSR count). The molecule has 1 unspecified atom stereocenters. The largest absolute Gasteiger partial charge is 0.286 e. The van der Waals surface area contributed by atoms with Gasteiger partial charge in [-0.25, -0.2) is 0 Å². The lowest BCUT2D eigenvalue weighted by atomic mass is 10.9. The number of thioether (sulfide) groups is 1. The van der Waals surface area contributed by atoms with Crippen LogP contribution in [0.3, 0.4) is 0 Å². The Balaban J connectivity index is 2.42. The number of nitrogens with zero attached hydrogens (tertiary/aromatic N) is 1. The first-order valence-corrected chi connectivity index (χ1v) is 3.33. The van der Waals surface area contributed by atoms with Gasteiger partial charge in [0, 0.05) is 0 Å². The Hall–Kier alpha value is 0.170. The molecule has 0 fully saturated rings. The van der Waals surface area contributed by atoms with Crippen molar-refractivity contribution in [3.8, 4) is 0 Å². The lowest BCUT2D eigenvalue weighted by Crippen LogP contribution is -2.06. The topological polar surface area (TPSA) is 24.4 Å². The molecule has 1 aliphatic rings. The van der Waals surface area contributed by atoms with Gasteiger partial charge in [-0.05, 0) is 6.92 Å². The van der Waals surface area contributed by atoms with Gasteiger partial charge in [0.1, 0.15) is 4.71 Å². The first-order chi connectivity index (χ1) is 3.29. The average molecular weight is 134 g/mol. The Morgan fingerprint density at radius 3 is 2.86 bits per heavy atom. The number of hydrazone groups is 1. The molecule has 0 saturated carbocycles. The molecule has 2 nitrogen and oxygen atoms in total. The number of thiol groups is 1. The second-order valence-corrected chi connectivity index (χ2v) is 3.39. The summed E-state index contributed by atoms with van der Waals surface area (Å²) in [6, 6.07) is 0. The third-order valence-corrected chi connectivity index (χ3v) is 1.81. The van der Waals surface area contributed by atoms with E-state index in [4.69, 9.17) is 0 Å². The zero-order chi connectivity index (χ0) is 5.28. The smallest absolute Gasteiger partial charge is 0.138 e. The summed E-state index contributed by atoms with van der Waals surface area (Å²) in [5, 5.41) is 4.93. The molecule has 0 aromatic rings. The van der Waals surface area contributed by atoms with Crippen molar-refractivity contribution >= 4 is 29.4 Å². The van der Waals surface area contributed by atoms with Gasteiger partial charge in [-0.15, -0.1) is 12.6 Å². The minimum Gasteiger partial charge on any atom is -0.286 e. The minimum absolute atomic E-state index is 0.181. The Morgan fingerprint density at radius 1 is 2.00 bits per heavy atom. The Kier molecular flexibility index (Phi) is 1.49. The summed E-state index contributed by atoms with van der Waals surface area (Å²) >= 11 is 5.71. The van der Waals surface area contributed by atoms with Crippen LogP contribution in [-0.4, -0.2) is 9.75 Å². The molecule has 0 aromatic carbocycles. The molecular formula is C3H6N2S2. The van der Waals surface area contributed by atoms with Gasteiger partial charge in [0.25, 0.3) is 0 Å². The SMILES string of the molecule is CC1=NNC(S)S1. The van der Waals surface area contributed by atoms with Crippen LogP contribution < -0.4 is 5.43 Å². The Morgan fingerprint density at radius 2 is 2.71 bits per heavy atom. The van der Waals surface area contributed by atoms with Gasteiger partial charge in [0.15, 0.2) is 0 Å². The van der Waals surface area contributed by atoms with Crippen LogP contribution >= 0.6 is 24.4 Å². The minimum atomic E-state index is 0.181. The Bertz CT molecular complexity index is 101. The van der Waals surface area contributed by atoms with Crippen LogP contribution in [-0.2, 0) is 0 Å². The highest BCUT2D eigenvalue weighted by atomic mass is 32.2. The van der Waals surface area contributed by atoms with Crippen LogP contribution in [0.4, 0.5) is 0 Å². The molecular weight excluding hydrogens is 128 g/mol. The summed E-state index contributed by atoms with van der Waals surface area (Å²) < 4.78 is 0.181. The number of nitrogens with one attached hydrogen (secondary N) is 1. The number of hydrogen-bond acceptors (Lipinski definition) is 4. The van der Waals surface area contributed by atoms with E-state index in [-0.39, 0.29) is 4.71 Å². The standard InChI is InChI=1S/C3H6N2S2/c1-2-4-5-3(6)7-2/h3,5-6H,1H3. The van der Waals surface area contributed by atoms with Crippen molar-refractivity contribution in [2.24, 2.45) is 5.10 Å². The Labute approximate surface area is 52.2 Å².